The van der Waals surface area contributed by atoms with Gasteiger partial charge >= 0.3 is 0 Å². The number of hydrogen-bond donors (Lipinski definition) is 0. The zero-order valence-electron chi connectivity index (χ0n) is 10.9. The highest BCUT2D eigenvalue weighted by molar-refractivity contribution is 5.69. The summed E-state index contributed by atoms with van der Waals surface area (Å²) in [5.41, 5.74) is 5.19. The third-order valence-electron chi connectivity index (χ3n) is 2.98. The van der Waals surface area contributed by atoms with Crippen LogP contribution in [0, 0.1) is 25.2 Å². The van der Waals surface area contributed by atoms with Crippen LogP contribution in [0.1, 0.15) is 16.7 Å². The molecular weight excluding hydrogens is 220 g/mol. The van der Waals surface area contributed by atoms with Crippen molar-refractivity contribution in [2.45, 2.75) is 13.8 Å². The van der Waals surface area contributed by atoms with Gasteiger partial charge in [0.25, 0.3) is 0 Å². The standard InChI is InChI=1S/C16H16N2/c1-12-8-13(2)10-15(9-12)18(3)16-7-5-4-6-14(16)11-17/h4-10H,1-3H3. The molecule has 90 valence electrons. The van der Waals surface area contributed by atoms with E-state index in [-0.39, 0.29) is 0 Å². The second-order valence-corrected chi connectivity index (χ2v) is 4.53. The predicted molar refractivity (Wildman–Crippen MR) is 75.1 cm³/mol. The van der Waals surface area contributed by atoms with Gasteiger partial charge in [-0.2, -0.15) is 5.26 Å². The van der Waals surface area contributed by atoms with E-state index in [1.165, 1.54) is 11.1 Å². The van der Waals surface area contributed by atoms with E-state index in [1.807, 2.05) is 31.3 Å². The third-order valence-corrected chi connectivity index (χ3v) is 2.98. The predicted octanol–water partition coefficient (Wildman–Crippen LogP) is 3.94. The van der Waals surface area contributed by atoms with Crippen LogP contribution in [0.3, 0.4) is 0 Å². The molecule has 0 amide bonds. The molecule has 0 aliphatic rings. The molecule has 0 heterocycles. The van der Waals surface area contributed by atoms with Gasteiger partial charge in [-0.15, -0.1) is 0 Å². The van der Waals surface area contributed by atoms with Crippen LogP contribution in [-0.4, -0.2) is 7.05 Å². The highest BCUT2D eigenvalue weighted by atomic mass is 15.1. The normalized spacial score (nSPS) is 9.89. The molecule has 0 saturated carbocycles. The van der Waals surface area contributed by atoms with Gasteiger partial charge < -0.3 is 4.90 Å². The fourth-order valence-corrected chi connectivity index (χ4v) is 2.14. The zero-order chi connectivity index (χ0) is 13.1. The topological polar surface area (TPSA) is 27.0 Å². The zero-order valence-corrected chi connectivity index (χ0v) is 10.9. The van der Waals surface area contributed by atoms with E-state index in [9.17, 15) is 0 Å². The molecule has 2 rings (SSSR count). The van der Waals surface area contributed by atoms with Crippen molar-refractivity contribution < 1.29 is 0 Å². The largest absolute Gasteiger partial charge is 0.344 e. The number of anilines is 2. The highest BCUT2D eigenvalue weighted by Gasteiger charge is 2.09. The van der Waals surface area contributed by atoms with Gasteiger partial charge in [-0.3, -0.25) is 0 Å². The van der Waals surface area contributed by atoms with Crippen LogP contribution < -0.4 is 4.90 Å². The number of rotatable bonds is 2. The summed E-state index contributed by atoms with van der Waals surface area (Å²) in [6.45, 7) is 4.17. The SMILES string of the molecule is Cc1cc(C)cc(N(C)c2ccccc2C#N)c1. The molecule has 0 aliphatic heterocycles. The Morgan fingerprint density at radius 3 is 2.22 bits per heavy atom. The number of benzene rings is 2. The fourth-order valence-electron chi connectivity index (χ4n) is 2.14. The van der Waals surface area contributed by atoms with Crippen molar-refractivity contribution in [3.63, 3.8) is 0 Å². The van der Waals surface area contributed by atoms with E-state index in [2.05, 4.69) is 43.0 Å². The van der Waals surface area contributed by atoms with Gasteiger partial charge in [-0.1, -0.05) is 18.2 Å². The molecule has 0 unspecified atom stereocenters. The van der Waals surface area contributed by atoms with E-state index in [0.29, 0.717) is 5.56 Å². The quantitative estimate of drug-likeness (QED) is 0.789. The molecule has 0 aliphatic carbocycles. The van der Waals surface area contributed by atoms with Gasteiger partial charge in [0.15, 0.2) is 0 Å². The van der Waals surface area contributed by atoms with Gasteiger partial charge in [-0.05, 0) is 49.2 Å². The molecule has 0 bridgehead atoms. The number of hydrogen-bond acceptors (Lipinski definition) is 2. The Labute approximate surface area is 108 Å². The van der Waals surface area contributed by atoms with Crippen LogP contribution in [0.25, 0.3) is 0 Å². The highest BCUT2D eigenvalue weighted by Crippen LogP contribution is 2.27. The van der Waals surface area contributed by atoms with Crippen molar-refractivity contribution in [1.82, 2.24) is 0 Å². The average molecular weight is 236 g/mol. The molecule has 0 saturated heterocycles. The molecule has 2 aromatic rings. The molecular formula is C16H16N2. The van der Waals surface area contributed by atoms with Gasteiger partial charge in [0.1, 0.15) is 6.07 Å². The second-order valence-electron chi connectivity index (χ2n) is 4.53. The van der Waals surface area contributed by atoms with Crippen molar-refractivity contribution in [3.05, 3.63) is 59.2 Å². The first-order valence-corrected chi connectivity index (χ1v) is 5.93. The average Bonchev–Trinajstić information content (AvgIpc) is 2.36. The Morgan fingerprint density at radius 2 is 1.61 bits per heavy atom. The summed E-state index contributed by atoms with van der Waals surface area (Å²) >= 11 is 0. The molecule has 2 aromatic carbocycles. The number of aryl methyl sites for hydroxylation is 2. The van der Waals surface area contributed by atoms with E-state index >= 15 is 0 Å². The van der Waals surface area contributed by atoms with E-state index in [0.717, 1.165) is 11.4 Å². The fraction of sp³-hybridized carbons (Fsp3) is 0.188. The summed E-state index contributed by atoms with van der Waals surface area (Å²) in [4.78, 5) is 2.05. The lowest BCUT2D eigenvalue weighted by atomic mass is 10.1. The molecule has 0 N–H and O–H groups in total. The number of nitrogens with zero attached hydrogens (tertiary/aromatic N) is 2. The van der Waals surface area contributed by atoms with Gasteiger partial charge in [0.05, 0.1) is 11.3 Å². The van der Waals surface area contributed by atoms with Crippen molar-refractivity contribution in [1.29, 1.82) is 5.26 Å². The third kappa shape index (κ3) is 2.36. The first-order chi connectivity index (χ1) is 8.61. The molecule has 0 aromatic heterocycles. The number of para-hydroxylation sites is 1. The smallest absolute Gasteiger partial charge is 0.101 e. The molecule has 2 heteroatoms. The van der Waals surface area contributed by atoms with Crippen LogP contribution in [0.15, 0.2) is 42.5 Å². The summed E-state index contributed by atoms with van der Waals surface area (Å²) in [6.07, 6.45) is 0. The monoisotopic (exact) mass is 236 g/mol. The molecule has 0 fully saturated rings. The summed E-state index contributed by atoms with van der Waals surface area (Å²) in [7, 11) is 1.99. The Bertz CT molecular complexity index is 588. The van der Waals surface area contributed by atoms with Crippen molar-refractivity contribution in [3.8, 4) is 6.07 Å². The van der Waals surface area contributed by atoms with Gasteiger partial charge in [0.2, 0.25) is 0 Å². The maximum Gasteiger partial charge on any atom is 0.101 e. The van der Waals surface area contributed by atoms with Crippen LogP contribution >= 0.6 is 0 Å². The maximum atomic E-state index is 9.15. The van der Waals surface area contributed by atoms with E-state index in [4.69, 9.17) is 5.26 Å². The van der Waals surface area contributed by atoms with Crippen molar-refractivity contribution >= 4 is 11.4 Å². The molecule has 18 heavy (non-hydrogen) atoms. The van der Waals surface area contributed by atoms with Gasteiger partial charge in [-0.25, -0.2) is 0 Å². The second kappa shape index (κ2) is 4.93. The van der Waals surface area contributed by atoms with Crippen molar-refractivity contribution in [2.24, 2.45) is 0 Å². The van der Waals surface area contributed by atoms with Crippen LogP contribution in [0.2, 0.25) is 0 Å². The van der Waals surface area contributed by atoms with Crippen LogP contribution in [0.4, 0.5) is 11.4 Å². The van der Waals surface area contributed by atoms with Gasteiger partial charge in [0, 0.05) is 12.7 Å². The van der Waals surface area contributed by atoms with E-state index in [1.54, 1.807) is 0 Å². The summed E-state index contributed by atoms with van der Waals surface area (Å²) < 4.78 is 0. The Balaban J connectivity index is 2.48. The lowest BCUT2D eigenvalue weighted by Crippen LogP contribution is -2.11. The Morgan fingerprint density at radius 1 is 1.00 bits per heavy atom. The maximum absolute atomic E-state index is 9.15. The lowest BCUT2D eigenvalue weighted by Gasteiger charge is -2.21. The molecule has 0 radical (unpaired) electrons. The first kappa shape index (κ1) is 12.2. The summed E-state index contributed by atoms with van der Waals surface area (Å²) in [5.74, 6) is 0. The van der Waals surface area contributed by atoms with Crippen LogP contribution in [0.5, 0.6) is 0 Å². The minimum atomic E-state index is 0.694. The molecule has 0 atom stereocenters. The Hall–Kier alpha value is -2.27. The number of nitriles is 1. The van der Waals surface area contributed by atoms with Crippen molar-refractivity contribution in [2.75, 3.05) is 11.9 Å². The first-order valence-electron chi connectivity index (χ1n) is 5.93. The lowest BCUT2D eigenvalue weighted by molar-refractivity contribution is 1.18. The summed E-state index contributed by atoms with van der Waals surface area (Å²) in [6, 6.07) is 16.3. The minimum Gasteiger partial charge on any atom is -0.344 e. The minimum absolute atomic E-state index is 0.694. The Kier molecular flexibility index (Phi) is 3.34. The molecule has 0 spiro atoms. The summed E-state index contributed by atoms with van der Waals surface area (Å²) in [5, 5.41) is 9.15. The molecule has 2 nitrogen and oxygen atoms in total. The van der Waals surface area contributed by atoms with E-state index < -0.39 is 0 Å². The van der Waals surface area contributed by atoms with Crippen LogP contribution in [-0.2, 0) is 0 Å².